The van der Waals surface area contributed by atoms with E-state index < -0.39 is 43.2 Å². The summed E-state index contributed by atoms with van der Waals surface area (Å²) in [5.74, 6) is -7.55. The maximum atomic E-state index is 10.7. The standard InChI is InChI=1S/C6H9O10P.4Na/c7-2(8)1-6(13,5(11)12)3(4(9)10)17(14,15)16;;;;/h3,13H,1H2,(H,7,8)(H,9,10)(H,11,12)(H2,14,15,16);;;;/q;4*+1/p-3. The second-order valence-electron chi connectivity index (χ2n) is 3.07. The van der Waals surface area contributed by atoms with Gasteiger partial charge in [0.25, 0.3) is 0 Å². The van der Waals surface area contributed by atoms with Crippen molar-refractivity contribution in [2.45, 2.75) is 17.7 Å². The summed E-state index contributed by atoms with van der Waals surface area (Å²) in [6, 6.07) is 0. The molecule has 0 radical (unpaired) electrons. The van der Waals surface area contributed by atoms with E-state index in [4.69, 9.17) is 9.79 Å². The zero-order valence-corrected chi connectivity index (χ0v) is 20.8. The fourth-order valence-electron chi connectivity index (χ4n) is 1.11. The topological polar surface area (TPSA) is 198 Å². The van der Waals surface area contributed by atoms with Gasteiger partial charge in [-0.2, -0.15) is 0 Å². The molecule has 0 aliphatic carbocycles. The second kappa shape index (κ2) is 13.8. The molecule has 2 atom stereocenters. The number of aliphatic carboxylic acids is 3. The summed E-state index contributed by atoms with van der Waals surface area (Å²) >= 11 is 0. The SMILES string of the molecule is O=C([O-])CC(O)(C(=O)[O-])C(C(=O)[O-])P(=O)(O)O.[Na+].[Na+].[Na+].[Na+]. The van der Waals surface area contributed by atoms with Crippen molar-refractivity contribution in [3.8, 4) is 0 Å². The summed E-state index contributed by atoms with van der Waals surface area (Å²) in [7, 11) is -5.69. The molecule has 0 aromatic heterocycles. The number of hydrogen-bond acceptors (Lipinski definition) is 8. The van der Waals surface area contributed by atoms with E-state index in [0.29, 0.717) is 0 Å². The number of rotatable bonds is 6. The van der Waals surface area contributed by atoms with E-state index in [-0.39, 0.29) is 118 Å². The largest absolute Gasteiger partial charge is 1.00 e. The average molecular weight is 361 g/mol. The summed E-state index contributed by atoms with van der Waals surface area (Å²) < 4.78 is 10.7. The van der Waals surface area contributed by atoms with Crippen molar-refractivity contribution in [1.82, 2.24) is 0 Å². The molecule has 0 spiro atoms. The van der Waals surface area contributed by atoms with Gasteiger partial charge in [-0.1, -0.05) is 0 Å². The van der Waals surface area contributed by atoms with Gasteiger partial charge in [0, 0.05) is 12.4 Å². The van der Waals surface area contributed by atoms with E-state index >= 15 is 0 Å². The van der Waals surface area contributed by atoms with Crippen molar-refractivity contribution in [2.24, 2.45) is 0 Å². The van der Waals surface area contributed by atoms with Crippen molar-refractivity contribution in [2.75, 3.05) is 0 Å². The van der Waals surface area contributed by atoms with Crippen LogP contribution in [0.5, 0.6) is 0 Å². The first kappa shape index (κ1) is 34.8. The molecule has 0 aliphatic heterocycles. The molecule has 21 heavy (non-hydrogen) atoms. The van der Waals surface area contributed by atoms with E-state index in [1.165, 1.54) is 0 Å². The van der Waals surface area contributed by atoms with Crippen LogP contribution in [-0.2, 0) is 18.9 Å². The number of aliphatic hydroxyl groups is 1. The first-order valence-corrected chi connectivity index (χ1v) is 5.51. The molecule has 0 saturated heterocycles. The quantitative estimate of drug-likeness (QED) is 0.301. The molecule has 3 N–H and O–H groups in total. The normalized spacial score (nSPS) is 13.7. The summed E-state index contributed by atoms with van der Waals surface area (Å²) in [5.41, 5.74) is -7.12. The van der Waals surface area contributed by atoms with Gasteiger partial charge < -0.3 is 44.6 Å². The van der Waals surface area contributed by atoms with Gasteiger partial charge >= 0.3 is 126 Å². The molecule has 0 bridgehead atoms. The van der Waals surface area contributed by atoms with Crippen LogP contribution in [0.4, 0.5) is 0 Å². The van der Waals surface area contributed by atoms with E-state index in [2.05, 4.69) is 0 Å². The zero-order valence-electron chi connectivity index (χ0n) is 11.9. The molecule has 10 nitrogen and oxygen atoms in total. The second-order valence-corrected chi connectivity index (χ2v) is 4.77. The maximum Gasteiger partial charge on any atom is 1.00 e. The third kappa shape index (κ3) is 10.9. The Hall–Kier alpha value is 2.52. The Bertz CT molecular complexity index is 410. The van der Waals surface area contributed by atoms with Gasteiger partial charge in [0.2, 0.25) is 0 Å². The monoisotopic (exact) mass is 361 g/mol. The van der Waals surface area contributed by atoms with Gasteiger partial charge in [0.05, 0.1) is 11.9 Å². The smallest absolute Gasteiger partial charge is 0.550 e. The molecule has 0 saturated carbocycles. The number of carboxylic acids is 3. The summed E-state index contributed by atoms with van der Waals surface area (Å²) in [6.45, 7) is 0. The van der Waals surface area contributed by atoms with Crippen LogP contribution in [0.25, 0.3) is 0 Å². The Kier molecular flexibility index (Phi) is 22.8. The number of carboxylic acid groups (broad SMARTS) is 3. The first-order chi connectivity index (χ1) is 7.43. The van der Waals surface area contributed by atoms with Gasteiger partial charge in [0.1, 0.15) is 11.3 Å². The van der Waals surface area contributed by atoms with E-state index in [1.54, 1.807) is 0 Å². The minimum atomic E-state index is -5.69. The molecule has 0 rings (SSSR count). The van der Waals surface area contributed by atoms with Crippen molar-refractivity contribution in [3.05, 3.63) is 0 Å². The van der Waals surface area contributed by atoms with Crippen LogP contribution >= 0.6 is 7.60 Å². The third-order valence-corrected chi connectivity index (χ3v) is 3.09. The van der Waals surface area contributed by atoms with Gasteiger partial charge in [-0.25, -0.2) is 0 Å². The third-order valence-electron chi connectivity index (χ3n) is 1.78. The van der Waals surface area contributed by atoms with Gasteiger partial charge in [0.15, 0.2) is 0 Å². The number of carbonyl (C=O) groups excluding carboxylic acids is 3. The Morgan fingerprint density at radius 2 is 1.33 bits per heavy atom. The zero-order chi connectivity index (χ0) is 14.0. The molecule has 15 heteroatoms. The molecule has 0 fully saturated rings. The minimum Gasteiger partial charge on any atom is -0.550 e. The molecular weight excluding hydrogens is 355 g/mol. The van der Waals surface area contributed by atoms with Gasteiger partial charge in [-0.3, -0.25) is 4.57 Å². The Morgan fingerprint density at radius 1 is 1.00 bits per heavy atom. The van der Waals surface area contributed by atoms with Crippen molar-refractivity contribution >= 4 is 25.5 Å². The van der Waals surface area contributed by atoms with Crippen LogP contribution < -0.4 is 134 Å². The fourth-order valence-corrected chi connectivity index (χ4v) is 2.14. The predicted molar refractivity (Wildman–Crippen MR) is 40.4 cm³/mol. The number of hydrogen-bond donors (Lipinski definition) is 3. The van der Waals surface area contributed by atoms with Crippen LogP contribution in [0.3, 0.4) is 0 Å². The molecule has 0 aliphatic rings. The van der Waals surface area contributed by atoms with Gasteiger partial charge in [-0.15, -0.1) is 0 Å². The summed E-state index contributed by atoms with van der Waals surface area (Å²) in [5, 5.41) is 40.2. The molecule has 0 amide bonds. The predicted octanol–water partition coefficient (Wildman–Crippen LogP) is -18.1. The van der Waals surface area contributed by atoms with Crippen LogP contribution in [0.15, 0.2) is 0 Å². The van der Waals surface area contributed by atoms with Crippen LogP contribution in [0.2, 0.25) is 0 Å². The molecule has 2 unspecified atom stereocenters. The molecule has 0 aromatic carbocycles. The Balaban J connectivity index is -0.000000213. The van der Waals surface area contributed by atoms with E-state index in [0.717, 1.165) is 0 Å². The molecule has 98 valence electrons. The average Bonchev–Trinajstić information content (AvgIpc) is 1.96. The minimum absolute atomic E-state index is 0. The fraction of sp³-hybridized carbons (Fsp3) is 0.500. The van der Waals surface area contributed by atoms with E-state index in [9.17, 15) is 39.4 Å². The van der Waals surface area contributed by atoms with Crippen molar-refractivity contribution in [1.29, 1.82) is 0 Å². The molecule has 0 aromatic rings. The van der Waals surface area contributed by atoms with Crippen molar-refractivity contribution in [3.63, 3.8) is 0 Å². The number of carbonyl (C=O) groups is 3. The summed E-state index contributed by atoms with van der Waals surface area (Å²) in [4.78, 5) is 48.2. The van der Waals surface area contributed by atoms with Crippen molar-refractivity contribution < 1.29 is 167 Å². The molecular formula is C6H6Na4O10P+. The van der Waals surface area contributed by atoms with Crippen LogP contribution in [0, 0.1) is 0 Å². The Morgan fingerprint density at radius 3 is 1.48 bits per heavy atom. The van der Waals surface area contributed by atoms with E-state index in [1.807, 2.05) is 0 Å². The van der Waals surface area contributed by atoms with Crippen LogP contribution in [-0.4, -0.2) is 44.1 Å². The van der Waals surface area contributed by atoms with Gasteiger partial charge in [-0.05, 0) is 0 Å². The Labute approximate surface area is 207 Å². The van der Waals surface area contributed by atoms with Crippen LogP contribution in [0.1, 0.15) is 6.42 Å². The molecule has 0 heterocycles. The maximum absolute atomic E-state index is 10.7. The first-order valence-electron chi connectivity index (χ1n) is 3.82. The summed E-state index contributed by atoms with van der Waals surface area (Å²) in [6.07, 6.45) is -1.88.